The molecule has 2 amide bonds. The Bertz CT molecular complexity index is 440. The van der Waals surface area contributed by atoms with Gasteiger partial charge in [-0.3, -0.25) is 0 Å². The van der Waals surface area contributed by atoms with Crippen LogP contribution < -0.4 is 15.4 Å². The molecule has 0 aliphatic rings. The monoisotopic (exact) mass is 300 g/mol. The van der Waals surface area contributed by atoms with E-state index in [0.29, 0.717) is 23.7 Å². The molecule has 1 aromatic carbocycles. The van der Waals surface area contributed by atoms with E-state index in [1.807, 2.05) is 13.0 Å². The third-order valence-corrected chi connectivity index (χ3v) is 3.23. The van der Waals surface area contributed by atoms with E-state index in [2.05, 4.69) is 10.6 Å². The van der Waals surface area contributed by atoms with E-state index < -0.39 is 0 Å². The van der Waals surface area contributed by atoms with Gasteiger partial charge < -0.3 is 20.5 Å². The van der Waals surface area contributed by atoms with E-state index in [0.717, 1.165) is 12.0 Å². The second-order valence-electron chi connectivity index (χ2n) is 4.40. The highest BCUT2D eigenvalue weighted by molar-refractivity contribution is 6.30. The lowest BCUT2D eigenvalue weighted by atomic mass is 10.1. The second kappa shape index (κ2) is 8.66. The highest BCUT2D eigenvalue weighted by Gasteiger charge is 2.10. The molecule has 0 aliphatic carbocycles. The first-order valence-electron chi connectivity index (χ1n) is 6.58. The SMILES string of the molecule is CCC(CCO)NC(=O)NCc1ccc(Cl)cc1OC. The van der Waals surface area contributed by atoms with Gasteiger partial charge in [0.25, 0.3) is 0 Å². The number of rotatable bonds is 7. The molecule has 0 spiro atoms. The third-order valence-electron chi connectivity index (χ3n) is 2.99. The smallest absolute Gasteiger partial charge is 0.315 e. The largest absolute Gasteiger partial charge is 0.496 e. The molecule has 5 nitrogen and oxygen atoms in total. The minimum absolute atomic E-state index is 0.0212. The van der Waals surface area contributed by atoms with Gasteiger partial charge in [0.15, 0.2) is 0 Å². The zero-order chi connectivity index (χ0) is 15.0. The lowest BCUT2D eigenvalue weighted by molar-refractivity contribution is 0.227. The first kappa shape index (κ1) is 16.6. The molecule has 0 heterocycles. The summed E-state index contributed by atoms with van der Waals surface area (Å²) < 4.78 is 5.21. The lowest BCUT2D eigenvalue weighted by Gasteiger charge is -2.17. The van der Waals surface area contributed by atoms with Crippen LogP contribution in [0, 0.1) is 0 Å². The molecule has 1 unspecified atom stereocenters. The predicted molar refractivity (Wildman–Crippen MR) is 79.2 cm³/mol. The number of halogens is 1. The summed E-state index contributed by atoms with van der Waals surface area (Å²) in [4.78, 5) is 11.8. The quantitative estimate of drug-likeness (QED) is 0.723. The molecular weight excluding hydrogens is 280 g/mol. The maximum atomic E-state index is 11.8. The van der Waals surface area contributed by atoms with Crippen molar-refractivity contribution in [3.05, 3.63) is 28.8 Å². The van der Waals surface area contributed by atoms with E-state index >= 15 is 0 Å². The number of carbonyl (C=O) groups excluding carboxylic acids is 1. The molecule has 6 heteroatoms. The van der Waals surface area contributed by atoms with Gasteiger partial charge in [0.05, 0.1) is 7.11 Å². The van der Waals surface area contributed by atoms with Gasteiger partial charge >= 0.3 is 6.03 Å². The van der Waals surface area contributed by atoms with Crippen LogP contribution in [0.3, 0.4) is 0 Å². The van der Waals surface area contributed by atoms with E-state index in [-0.39, 0.29) is 18.7 Å². The highest BCUT2D eigenvalue weighted by atomic mass is 35.5. The van der Waals surface area contributed by atoms with Gasteiger partial charge in [0, 0.05) is 29.8 Å². The van der Waals surface area contributed by atoms with Crippen LogP contribution in [0.15, 0.2) is 18.2 Å². The molecule has 1 atom stereocenters. The molecule has 0 radical (unpaired) electrons. The topological polar surface area (TPSA) is 70.6 Å². The Labute approximate surface area is 124 Å². The number of aliphatic hydroxyl groups excluding tert-OH is 1. The Morgan fingerprint density at radius 3 is 2.85 bits per heavy atom. The number of benzene rings is 1. The molecule has 112 valence electrons. The normalized spacial score (nSPS) is 11.8. The molecule has 0 fully saturated rings. The summed E-state index contributed by atoms with van der Waals surface area (Å²) in [5.41, 5.74) is 0.849. The number of amides is 2. The van der Waals surface area contributed by atoms with Crippen LogP contribution in [0.2, 0.25) is 5.02 Å². The standard InChI is InChI=1S/C14H21ClN2O3/c1-3-12(6-7-18)17-14(19)16-9-10-4-5-11(15)8-13(10)20-2/h4-5,8,12,18H,3,6-7,9H2,1-2H3,(H2,16,17,19). The number of hydrogen-bond acceptors (Lipinski definition) is 3. The first-order valence-corrected chi connectivity index (χ1v) is 6.96. The van der Waals surface area contributed by atoms with Gasteiger partial charge in [0.1, 0.15) is 5.75 Å². The highest BCUT2D eigenvalue weighted by Crippen LogP contribution is 2.22. The van der Waals surface area contributed by atoms with Gasteiger partial charge in [-0.15, -0.1) is 0 Å². The summed E-state index contributed by atoms with van der Waals surface area (Å²) in [5, 5.41) is 15.0. The van der Waals surface area contributed by atoms with Crippen molar-refractivity contribution in [3.63, 3.8) is 0 Å². The summed E-state index contributed by atoms with van der Waals surface area (Å²) in [6.07, 6.45) is 1.33. The van der Waals surface area contributed by atoms with E-state index in [4.69, 9.17) is 21.4 Å². The first-order chi connectivity index (χ1) is 9.60. The molecule has 0 bridgehead atoms. The maximum absolute atomic E-state index is 11.8. The van der Waals surface area contributed by atoms with E-state index in [1.165, 1.54) is 0 Å². The fourth-order valence-electron chi connectivity index (χ4n) is 1.81. The zero-order valence-electron chi connectivity index (χ0n) is 11.8. The summed E-state index contributed by atoms with van der Waals surface area (Å²) in [6, 6.07) is 4.98. The number of aliphatic hydroxyl groups is 1. The Morgan fingerprint density at radius 1 is 1.50 bits per heavy atom. The van der Waals surface area contributed by atoms with Crippen molar-refractivity contribution in [2.45, 2.75) is 32.4 Å². The molecule has 0 aromatic heterocycles. The zero-order valence-corrected chi connectivity index (χ0v) is 12.5. The summed E-state index contributed by atoms with van der Waals surface area (Å²) in [7, 11) is 1.56. The Morgan fingerprint density at radius 2 is 2.25 bits per heavy atom. The number of urea groups is 1. The van der Waals surface area contributed by atoms with Crippen molar-refractivity contribution in [1.82, 2.24) is 10.6 Å². The van der Waals surface area contributed by atoms with Gasteiger partial charge in [-0.2, -0.15) is 0 Å². The average Bonchev–Trinajstić information content (AvgIpc) is 2.45. The van der Waals surface area contributed by atoms with E-state index in [1.54, 1.807) is 19.2 Å². The minimum atomic E-state index is -0.262. The van der Waals surface area contributed by atoms with Crippen molar-refractivity contribution < 1.29 is 14.6 Å². The Balaban J connectivity index is 2.52. The van der Waals surface area contributed by atoms with Crippen LogP contribution in [0.1, 0.15) is 25.3 Å². The van der Waals surface area contributed by atoms with Gasteiger partial charge in [-0.1, -0.05) is 24.6 Å². The Hall–Kier alpha value is -1.46. The summed E-state index contributed by atoms with van der Waals surface area (Å²) in [5.74, 6) is 0.639. The minimum Gasteiger partial charge on any atom is -0.496 e. The fourth-order valence-corrected chi connectivity index (χ4v) is 1.97. The molecule has 0 saturated heterocycles. The third kappa shape index (κ3) is 5.27. The number of hydrogen-bond donors (Lipinski definition) is 3. The van der Waals surface area contributed by atoms with Crippen LogP contribution in [-0.4, -0.2) is 30.9 Å². The number of methoxy groups -OCH3 is 1. The molecule has 3 N–H and O–H groups in total. The van der Waals surface area contributed by atoms with Gasteiger partial charge in [-0.25, -0.2) is 4.79 Å². The molecule has 20 heavy (non-hydrogen) atoms. The molecular formula is C14H21ClN2O3. The van der Waals surface area contributed by atoms with Crippen molar-refractivity contribution >= 4 is 17.6 Å². The average molecular weight is 301 g/mol. The summed E-state index contributed by atoms with van der Waals surface area (Å²) in [6.45, 7) is 2.37. The van der Waals surface area contributed by atoms with Crippen LogP contribution >= 0.6 is 11.6 Å². The van der Waals surface area contributed by atoms with Crippen molar-refractivity contribution in [3.8, 4) is 5.75 Å². The van der Waals surface area contributed by atoms with Crippen LogP contribution in [0.25, 0.3) is 0 Å². The number of carbonyl (C=O) groups is 1. The summed E-state index contributed by atoms with van der Waals surface area (Å²) >= 11 is 5.88. The molecule has 1 aromatic rings. The van der Waals surface area contributed by atoms with Gasteiger partial charge in [-0.05, 0) is 25.0 Å². The van der Waals surface area contributed by atoms with Crippen molar-refractivity contribution in [2.24, 2.45) is 0 Å². The molecule has 1 rings (SSSR count). The Kier molecular flexibility index (Phi) is 7.18. The van der Waals surface area contributed by atoms with Crippen LogP contribution in [0.4, 0.5) is 4.79 Å². The fraction of sp³-hybridized carbons (Fsp3) is 0.500. The predicted octanol–water partition coefficient (Wildman–Crippen LogP) is 2.31. The maximum Gasteiger partial charge on any atom is 0.315 e. The van der Waals surface area contributed by atoms with Crippen molar-refractivity contribution in [2.75, 3.05) is 13.7 Å². The molecule has 0 saturated carbocycles. The van der Waals surface area contributed by atoms with E-state index in [9.17, 15) is 4.79 Å². The van der Waals surface area contributed by atoms with Gasteiger partial charge in [0.2, 0.25) is 0 Å². The number of nitrogens with one attached hydrogen (secondary N) is 2. The molecule has 0 aliphatic heterocycles. The second-order valence-corrected chi connectivity index (χ2v) is 4.84. The van der Waals surface area contributed by atoms with Crippen LogP contribution in [-0.2, 0) is 6.54 Å². The van der Waals surface area contributed by atoms with Crippen LogP contribution in [0.5, 0.6) is 5.75 Å². The lowest BCUT2D eigenvalue weighted by Crippen LogP contribution is -2.41. The van der Waals surface area contributed by atoms with Crippen molar-refractivity contribution in [1.29, 1.82) is 0 Å². The number of ether oxygens (including phenoxy) is 1.